The van der Waals surface area contributed by atoms with Gasteiger partial charge in [-0.25, -0.2) is 0 Å². The summed E-state index contributed by atoms with van der Waals surface area (Å²) in [5.74, 6) is -4.03. The summed E-state index contributed by atoms with van der Waals surface area (Å²) in [7, 11) is 0. The molecule has 0 aromatic heterocycles. The molecule has 0 unspecified atom stereocenters. The van der Waals surface area contributed by atoms with Gasteiger partial charge in [-0.1, -0.05) is 6.92 Å². The maximum Gasteiger partial charge on any atom is 0.313 e. The summed E-state index contributed by atoms with van der Waals surface area (Å²) in [4.78, 5) is 36.7. The van der Waals surface area contributed by atoms with E-state index in [0.29, 0.717) is 6.42 Å². The van der Waals surface area contributed by atoms with Crippen LogP contribution in [0.2, 0.25) is 0 Å². The van der Waals surface area contributed by atoms with Gasteiger partial charge >= 0.3 is 17.9 Å². The van der Waals surface area contributed by atoms with Gasteiger partial charge in [0.15, 0.2) is 0 Å². The predicted octanol–water partition coefficient (Wildman–Crippen LogP) is -0.455. The Balaban J connectivity index is 1.92. The fraction of sp³-hybridized carbons (Fsp3) is 0.824. The van der Waals surface area contributed by atoms with Gasteiger partial charge in [0, 0.05) is 6.92 Å². The Kier molecular flexibility index (Phi) is 3.18. The molecular formula is C17H22O8. The van der Waals surface area contributed by atoms with Crippen LogP contribution in [0.1, 0.15) is 33.6 Å². The first-order chi connectivity index (χ1) is 11.6. The molecule has 8 nitrogen and oxygen atoms in total. The second kappa shape index (κ2) is 4.73. The molecule has 25 heavy (non-hydrogen) atoms. The Morgan fingerprint density at radius 2 is 2.00 bits per heavy atom. The van der Waals surface area contributed by atoms with Gasteiger partial charge in [-0.3, -0.25) is 14.4 Å². The van der Waals surface area contributed by atoms with Gasteiger partial charge < -0.3 is 24.4 Å². The van der Waals surface area contributed by atoms with E-state index in [1.54, 1.807) is 13.8 Å². The maximum absolute atomic E-state index is 12.7. The van der Waals surface area contributed by atoms with E-state index in [4.69, 9.17) is 14.2 Å². The number of carbonyl (C=O) groups is 3. The van der Waals surface area contributed by atoms with Gasteiger partial charge in [-0.15, -0.1) is 0 Å². The van der Waals surface area contributed by atoms with E-state index in [1.807, 2.05) is 0 Å². The molecule has 2 N–H and O–H groups in total. The van der Waals surface area contributed by atoms with E-state index in [0.717, 1.165) is 0 Å². The molecule has 8 heteroatoms. The number of aliphatic hydroxyl groups excluding tert-OH is 1. The number of cyclic esters (lactones) is 1. The molecule has 4 rings (SSSR count). The molecule has 2 aliphatic heterocycles. The Morgan fingerprint density at radius 3 is 2.60 bits per heavy atom. The second-order valence-electron chi connectivity index (χ2n) is 8.13. The zero-order chi connectivity index (χ0) is 18.4. The van der Waals surface area contributed by atoms with Crippen molar-refractivity contribution in [3.63, 3.8) is 0 Å². The summed E-state index contributed by atoms with van der Waals surface area (Å²) in [5.41, 5.74) is -3.89. The van der Waals surface area contributed by atoms with Crippen LogP contribution in [0.5, 0.6) is 0 Å². The number of ether oxygens (including phenoxy) is 3. The summed E-state index contributed by atoms with van der Waals surface area (Å²) in [6.45, 7) is 4.00. The monoisotopic (exact) mass is 354 g/mol. The number of esters is 3. The van der Waals surface area contributed by atoms with Crippen molar-refractivity contribution in [1.29, 1.82) is 0 Å². The van der Waals surface area contributed by atoms with E-state index >= 15 is 0 Å². The van der Waals surface area contributed by atoms with Crippen molar-refractivity contribution in [1.82, 2.24) is 0 Å². The van der Waals surface area contributed by atoms with Gasteiger partial charge in [-0.05, 0) is 19.8 Å². The quantitative estimate of drug-likeness (QED) is 0.505. The standard InChI is InChI=1S/C17H22O8/c1-7(19)23-11-9-10(14(21)25-15(9,2)6-18)17(22)5-4-8-13(20)24-12(11)16(8,17)3/h8-12,18,22H,4-6H2,1-3H3/t8-,9+,10-,11-,12-,15+,16-,17-/m1/s1. The van der Waals surface area contributed by atoms with Crippen molar-refractivity contribution < 1.29 is 38.8 Å². The largest absolute Gasteiger partial charge is 0.458 e. The highest BCUT2D eigenvalue weighted by Crippen LogP contribution is 2.68. The highest BCUT2D eigenvalue weighted by Gasteiger charge is 2.81. The van der Waals surface area contributed by atoms with Crippen molar-refractivity contribution in [3.8, 4) is 0 Å². The lowest BCUT2D eigenvalue weighted by molar-refractivity contribution is -0.234. The molecule has 4 aliphatic rings. The molecule has 0 amide bonds. The molecule has 4 fully saturated rings. The normalized spacial score (nSPS) is 53.1. The van der Waals surface area contributed by atoms with E-state index in [-0.39, 0.29) is 6.42 Å². The molecule has 0 aromatic carbocycles. The number of rotatable bonds is 2. The third-order valence-electron chi connectivity index (χ3n) is 7.02. The molecule has 0 spiro atoms. The Labute approximate surface area is 144 Å². The molecule has 0 aromatic rings. The van der Waals surface area contributed by atoms with Gasteiger partial charge in [0.05, 0.1) is 35.4 Å². The summed E-state index contributed by atoms with van der Waals surface area (Å²) in [6.07, 6.45) is -1.21. The number of hydrogen-bond acceptors (Lipinski definition) is 8. The van der Waals surface area contributed by atoms with E-state index in [1.165, 1.54) is 6.92 Å². The fourth-order valence-corrected chi connectivity index (χ4v) is 5.81. The van der Waals surface area contributed by atoms with Crippen molar-refractivity contribution in [2.45, 2.75) is 57.0 Å². The molecule has 2 aliphatic carbocycles. The lowest BCUT2D eigenvalue weighted by Gasteiger charge is -2.54. The topological polar surface area (TPSA) is 119 Å². The minimum Gasteiger partial charge on any atom is -0.458 e. The van der Waals surface area contributed by atoms with Crippen LogP contribution >= 0.6 is 0 Å². The van der Waals surface area contributed by atoms with Crippen LogP contribution in [0, 0.1) is 23.2 Å². The zero-order valence-electron chi connectivity index (χ0n) is 14.4. The first-order valence-electron chi connectivity index (χ1n) is 8.54. The smallest absolute Gasteiger partial charge is 0.313 e. The summed E-state index contributed by atoms with van der Waals surface area (Å²) in [6, 6.07) is 0. The van der Waals surface area contributed by atoms with Crippen LogP contribution in [0.3, 0.4) is 0 Å². The van der Waals surface area contributed by atoms with Crippen LogP contribution in [-0.2, 0) is 28.6 Å². The highest BCUT2D eigenvalue weighted by atomic mass is 16.6. The number of hydrogen-bond donors (Lipinski definition) is 2. The van der Waals surface area contributed by atoms with Crippen LogP contribution < -0.4 is 0 Å². The number of carbonyl (C=O) groups excluding carboxylic acids is 3. The molecule has 2 saturated carbocycles. The minimum absolute atomic E-state index is 0.254. The molecule has 0 radical (unpaired) electrons. The molecule has 2 saturated heterocycles. The first kappa shape index (κ1) is 16.8. The van der Waals surface area contributed by atoms with Crippen molar-refractivity contribution in [2.75, 3.05) is 6.61 Å². The SMILES string of the molecule is CC(=O)O[C@@H]1[C@@H]2[C@H](C(=O)O[C@@]2(C)CO)[C@]2(O)CC[C@@H]3C(=O)O[C@H]1[C@@]32C. The summed E-state index contributed by atoms with van der Waals surface area (Å²) >= 11 is 0. The highest BCUT2D eigenvalue weighted by molar-refractivity contribution is 5.83. The first-order valence-corrected chi connectivity index (χ1v) is 8.54. The Hall–Kier alpha value is -1.67. The van der Waals surface area contributed by atoms with Crippen LogP contribution in [0.4, 0.5) is 0 Å². The lowest BCUT2D eigenvalue weighted by Crippen LogP contribution is -2.69. The molecule has 0 bridgehead atoms. The van der Waals surface area contributed by atoms with Crippen LogP contribution in [-0.4, -0.2) is 58.1 Å². The average molecular weight is 354 g/mol. The third-order valence-corrected chi connectivity index (χ3v) is 7.02. The van der Waals surface area contributed by atoms with Crippen LogP contribution in [0.15, 0.2) is 0 Å². The number of aliphatic hydroxyl groups is 2. The summed E-state index contributed by atoms with van der Waals surface area (Å²) < 4.78 is 16.4. The van der Waals surface area contributed by atoms with Crippen molar-refractivity contribution in [2.24, 2.45) is 23.2 Å². The molecule has 2 heterocycles. The lowest BCUT2D eigenvalue weighted by atomic mass is 9.52. The molecular weight excluding hydrogens is 332 g/mol. The van der Waals surface area contributed by atoms with Crippen molar-refractivity contribution >= 4 is 17.9 Å². The van der Waals surface area contributed by atoms with Gasteiger partial charge in [0.1, 0.15) is 17.8 Å². The predicted molar refractivity (Wildman–Crippen MR) is 79.8 cm³/mol. The molecule has 138 valence electrons. The molecule has 8 atom stereocenters. The van der Waals surface area contributed by atoms with Crippen molar-refractivity contribution in [3.05, 3.63) is 0 Å². The average Bonchev–Trinajstić information content (AvgIpc) is 3.06. The minimum atomic E-state index is -1.51. The van der Waals surface area contributed by atoms with E-state index in [2.05, 4.69) is 0 Å². The Morgan fingerprint density at radius 1 is 1.32 bits per heavy atom. The number of fused-ring (bicyclic) bond motifs is 2. The van der Waals surface area contributed by atoms with E-state index in [9.17, 15) is 24.6 Å². The zero-order valence-corrected chi connectivity index (χ0v) is 14.4. The van der Waals surface area contributed by atoms with Gasteiger partial charge in [-0.2, -0.15) is 0 Å². The maximum atomic E-state index is 12.7. The van der Waals surface area contributed by atoms with Crippen LogP contribution in [0.25, 0.3) is 0 Å². The fourth-order valence-electron chi connectivity index (χ4n) is 5.81. The third kappa shape index (κ3) is 1.72. The van der Waals surface area contributed by atoms with E-state index < -0.39 is 71.1 Å². The second-order valence-corrected chi connectivity index (χ2v) is 8.13. The van der Waals surface area contributed by atoms with Gasteiger partial charge in [0.25, 0.3) is 0 Å². The Bertz CT molecular complexity index is 676. The van der Waals surface area contributed by atoms with Gasteiger partial charge in [0.2, 0.25) is 0 Å². The summed E-state index contributed by atoms with van der Waals surface area (Å²) in [5, 5.41) is 21.4.